The minimum absolute atomic E-state index is 0.0601. The fraction of sp³-hybridized carbons (Fsp3) is 0.364. The normalized spacial score (nSPS) is 11.7. The van der Waals surface area contributed by atoms with Crippen LogP contribution in [-0.2, 0) is 9.59 Å². The number of aliphatic carboxylic acids is 1. The van der Waals surface area contributed by atoms with Gasteiger partial charge < -0.3 is 20.2 Å². The highest BCUT2D eigenvalue weighted by Crippen LogP contribution is 2.13. The maximum atomic E-state index is 11.5. The summed E-state index contributed by atoms with van der Waals surface area (Å²) in [6.45, 7) is 1.32. The molecule has 8 heteroatoms. The van der Waals surface area contributed by atoms with Crippen LogP contribution >= 0.6 is 15.9 Å². The second-order valence-corrected chi connectivity index (χ2v) is 4.43. The Morgan fingerprint density at radius 3 is 2.58 bits per heavy atom. The molecule has 1 atom stereocenters. The molecule has 0 unspecified atom stereocenters. The molecule has 1 heterocycles. The van der Waals surface area contributed by atoms with E-state index in [2.05, 4.69) is 26.6 Å². The van der Waals surface area contributed by atoms with Gasteiger partial charge in [-0.2, -0.15) is 0 Å². The van der Waals surface area contributed by atoms with Crippen molar-refractivity contribution >= 4 is 33.7 Å². The van der Waals surface area contributed by atoms with Crippen LogP contribution in [0.4, 0.5) is 0 Å². The number of carbonyl (C=O) groups is 3. The molecule has 0 aliphatic rings. The molecule has 7 nitrogen and oxygen atoms in total. The van der Waals surface area contributed by atoms with Crippen LogP contribution in [0, 0.1) is 0 Å². The molecule has 0 fully saturated rings. The minimum Gasteiger partial charge on any atom is -0.480 e. The van der Waals surface area contributed by atoms with Crippen LogP contribution < -0.4 is 10.6 Å². The second kappa shape index (κ2) is 6.93. The molecule has 1 rings (SSSR count). The molecular formula is C11H13BrN2O5. The summed E-state index contributed by atoms with van der Waals surface area (Å²) in [5.41, 5.74) is 0. The van der Waals surface area contributed by atoms with E-state index in [1.807, 2.05) is 0 Å². The summed E-state index contributed by atoms with van der Waals surface area (Å²) in [4.78, 5) is 33.7. The summed E-state index contributed by atoms with van der Waals surface area (Å²) in [7, 11) is 0. The van der Waals surface area contributed by atoms with Gasteiger partial charge in [0.25, 0.3) is 5.91 Å². The summed E-state index contributed by atoms with van der Waals surface area (Å²) in [5.74, 6) is -2.18. The SMILES string of the molecule is CC[C@@H](NC(=O)CNC(=O)c1ccc(Br)o1)C(=O)O. The number of hydrogen-bond acceptors (Lipinski definition) is 4. The number of carbonyl (C=O) groups excluding carboxylic acids is 2. The number of amides is 2. The van der Waals surface area contributed by atoms with Gasteiger partial charge in [0.05, 0.1) is 6.54 Å². The van der Waals surface area contributed by atoms with Crippen LogP contribution in [0.15, 0.2) is 21.2 Å². The van der Waals surface area contributed by atoms with Crippen LogP contribution in [0.1, 0.15) is 23.9 Å². The van der Waals surface area contributed by atoms with Crippen LogP contribution in [-0.4, -0.2) is 35.5 Å². The van der Waals surface area contributed by atoms with E-state index < -0.39 is 23.8 Å². The van der Waals surface area contributed by atoms with Crippen LogP contribution in [0.25, 0.3) is 0 Å². The largest absolute Gasteiger partial charge is 0.480 e. The van der Waals surface area contributed by atoms with Gasteiger partial charge in [-0.15, -0.1) is 0 Å². The lowest BCUT2D eigenvalue weighted by molar-refractivity contribution is -0.141. The molecule has 0 spiro atoms. The maximum absolute atomic E-state index is 11.5. The molecule has 19 heavy (non-hydrogen) atoms. The number of rotatable bonds is 6. The van der Waals surface area contributed by atoms with Crippen molar-refractivity contribution in [2.24, 2.45) is 0 Å². The molecule has 104 valence electrons. The van der Waals surface area contributed by atoms with Crippen molar-refractivity contribution in [3.63, 3.8) is 0 Å². The Labute approximate surface area is 117 Å². The Morgan fingerprint density at radius 1 is 1.42 bits per heavy atom. The number of furan rings is 1. The predicted molar refractivity (Wildman–Crippen MR) is 68.6 cm³/mol. The van der Waals surface area contributed by atoms with Gasteiger partial charge in [-0.25, -0.2) is 4.79 Å². The van der Waals surface area contributed by atoms with Crippen molar-refractivity contribution in [2.45, 2.75) is 19.4 Å². The zero-order valence-corrected chi connectivity index (χ0v) is 11.7. The summed E-state index contributed by atoms with van der Waals surface area (Å²) < 4.78 is 5.40. The van der Waals surface area contributed by atoms with Crippen molar-refractivity contribution in [1.82, 2.24) is 10.6 Å². The van der Waals surface area contributed by atoms with E-state index in [0.717, 1.165) is 0 Å². The fourth-order valence-electron chi connectivity index (χ4n) is 1.27. The third-order valence-corrected chi connectivity index (χ3v) is 2.67. The number of hydrogen-bond donors (Lipinski definition) is 3. The van der Waals surface area contributed by atoms with Gasteiger partial charge in [-0.3, -0.25) is 9.59 Å². The molecule has 1 aromatic rings. The maximum Gasteiger partial charge on any atom is 0.326 e. The Morgan fingerprint density at radius 2 is 2.11 bits per heavy atom. The van der Waals surface area contributed by atoms with E-state index in [4.69, 9.17) is 9.52 Å². The van der Waals surface area contributed by atoms with Crippen LogP contribution in [0.2, 0.25) is 0 Å². The number of halogens is 1. The minimum atomic E-state index is -1.11. The molecule has 1 aromatic heterocycles. The molecular weight excluding hydrogens is 320 g/mol. The Balaban J connectivity index is 2.42. The summed E-state index contributed by atoms with van der Waals surface area (Å²) in [6, 6.07) is 2.04. The predicted octanol–water partition coefficient (Wildman–Crippen LogP) is 0.751. The van der Waals surface area contributed by atoms with Crippen LogP contribution in [0.5, 0.6) is 0 Å². The Kier molecular flexibility index (Phi) is 5.56. The van der Waals surface area contributed by atoms with Crippen molar-refractivity contribution in [3.8, 4) is 0 Å². The van der Waals surface area contributed by atoms with Crippen molar-refractivity contribution in [3.05, 3.63) is 22.6 Å². The van der Waals surface area contributed by atoms with Gasteiger partial charge >= 0.3 is 5.97 Å². The van der Waals surface area contributed by atoms with Crippen molar-refractivity contribution in [2.75, 3.05) is 6.54 Å². The zero-order valence-electron chi connectivity index (χ0n) is 10.1. The molecule has 0 aromatic carbocycles. The first-order chi connectivity index (χ1) is 8.93. The zero-order chi connectivity index (χ0) is 14.4. The van der Waals surface area contributed by atoms with Gasteiger partial charge in [-0.05, 0) is 34.5 Å². The second-order valence-electron chi connectivity index (χ2n) is 3.65. The average Bonchev–Trinajstić information content (AvgIpc) is 2.79. The molecule has 3 N–H and O–H groups in total. The van der Waals surface area contributed by atoms with E-state index in [9.17, 15) is 14.4 Å². The van der Waals surface area contributed by atoms with Gasteiger partial charge in [0, 0.05) is 0 Å². The van der Waals surface area contributed by atoms with Gasteiger partial charge in [0.2, 0.25) is 5.91 Å². The molecule has 2 amide bonds. The first-order valence-corrected chi connectivity index (χ1v) is 6.29. The van der Waals surface area contributed by atoms with E-state index in [1.165, 1.54) is 6.07 Å². The number of carboxylic acids is 1. The van der Waals surface area contributed by atoms with Crippen LogP contribution in [0.3, 0.4) is 0 Å². The quantitative estimate of drug-likeness (QED) is 0.712. The lowest BCUT2D eigenvalue weighted by Gasteiger charge is -2.12. The smallest absolute Gasteiger partial charge is 0.326 e. The molecule has 0 aliphatic carbocycles. The third-order valence-electron chi connectivity index (χ3n) is 2.25. The fourth-order valence-corrected chi connectivity index (χ4v) is 1.57. The topological polar surface area (TPSA) is 109 Å². The van der Waals surface area contributed by atoms with Crippen molar-refractivity contribution in [1.29, 1.82) is 0 Å². The molecule has 0 saturated heterocycles. The lowest BCUT2D eigenvalue weighted by Crippen LogP contribution is -2.45. The highest BCUT2D eigenvalue weighted by Gasteiger charge is 2.18. The summed E-state index contributed by atoms with van der Waals surface area (Å²) in [5, 5.41) is 13.4. The van der Waals surface area contributed by atoms with E-state index in [-0.39, 0.29) is 18.7 Å². The third kappa shape index (κ3) is 4.74. The Bertz CT molecular complexity index is 485. The number of carboxylic acid groups (broad SMARTS) is 1. The van der Waals surface area contributed by atoms with Crippen molar-refractivity contribution < 1.29 is 23.9 Å². The molecule has 0 aliphatic heterocycles. The van der Waals surface area contributed by atoms with Gasteiger partial charge in [-0.1, -0.05) is 6.92 Å². The monoisotopic (exact) mass is 332 g/mol. The average molecular weight is 333 g/mol. The van der Waals surface area contributed by atoms with E-state index in [0.29, 0.717) is 4.67 Å². The Hall–Kier alpha value is -1.83. The highest BCUT2D eigenvalue weighted by molar-refractivity contribution is 9.10. The standard InChI is InChI=1S/C11H13BrN2O5/c1-2-6(11(17)18)14-9(15)5-13-10(16)7-3-4-8(12)19-7/h3-4,6H,2,5H2,1H3,(H,13,16)(H,14,15)(H,17,18)/t6-/m1/s1. The molecule has 0 bridgehead atoms. The number of nitrogens with one attached hydrogen (secondary N) is 2. The molecule has 0 radical (unpaired) electrons. The lowest BCUT2D eigenvalue weighted by atomic mass is 10.2. The first kappa shape index (κ1) is 15.2. The van der Waals surface area contributed by atoms with Gasteiger partial charge in [0.1, 0.15) is 6.04 Å². The van der Waals surface area contributed by atoms with E-state index in [1.54, 1.807) is 13.0 Å². The summed E-state index contributed by atoms with van der Waals surface area (Å²) >= 11 is 3.05. The summed E-state index contributed by atoms with van der Waals surface area (Å²) in [6.07, 6.45) is 0.264. The van der Waals surface area contributed by atoms with E-state index >= 15 is 0 Å². The van der Waals surface area contributed by atoms with Gasteiger partial charge in [0.15, 0.2) is 10.4 Å². The first-order valence-electron chi connectivity index (χ1n) is 5.49. The highest BCUT2D eigenvalue weighted by atomic mass is 79.9. The molecule has 0 saturated carbocycles.